The molecular weight excluding hydrogens is 310 g/mol. The van der Waals surface area contributed by atoms with Gasteiger partial charge in [0.05, 0.1) is 0 Å². The molecule has 0 bridgehead atoms. The molecule has 122 valence electrons. The molecule has 4 heteroatoms. The molecule has 2 rings (SSSR count). The van der Waals surface area contributed by atoms with Crippen LogP contribution in [0.3, 0.4) is 0 Å². The average molecular weight is 332 g/mol. The van der Waals surface area contributed by atoms with E-state index in [0.717, 1.165) is 34.7 Å². The maximum Gasteiger partial charge on any atom is 0.260 e. The van der Waals surface area contributed by atoms with Crippen LogP contribution >= 0.6 is 11.6 Å². The van der Waals surface area contributed by atoms with Gasteiger partial charge in [0.15, 0.2) is 6.10 Å². The maximum atomic E-state index is 12.1. The summed E-state index contributed by atoms with van der Waals surface area (Å²) in [5, 5.41) is 3.68. The van der Waals surface area contributed by atoms with E-state index in [1.807, 2.05) is 55.5 Å². The largest absolute Gasteiger partial charge is 0.481 e. The average Bonchev–Trinajstić information content (AvgIpc) is 2.55. The van der Waals surface area contributed by atoms with Gasteiger partial charge in [-0.3, -0.25) is 4.79 Å². The summed E-state index contributed by atoms with van der Waals surface area (Å²) in [6.07, 6.45) is 1.16. The van der Waals surface area contributed by atoms with Gasteiger partial charge in [-0.05, 0) is 49.9 Å². The van der Waals surface area contributed by atoms with Crippen LogP contribution in [0.25, 0.3) is 0 Å². The van der Waals surface area contributed by atoms with Crippen LogP contribution in [0.15, 0.2) is 48.5 Å². The van der Waals surface area contributed by atoms with Crippen LogP contribution in [0.4, 0.5) is 0 Å². The molecule has 0 spiro atoms. The quantitative estimate of drug-likeness (QED) is 0.773. The van der Waals surface area contributed by atoms with Crippen LogP contribution in [0.2, 0.25) is 5.02 Å². The lowest BCUT2D eigenvalue weighted by Crippen LogP contribution is -2.37. The molecule has 2 aromatic rings. The molecule has 0 aromatic heterocycles. The van der Waals surface area contributed by atoms with Crippen molar-refractivity contribution in [2.24, 2.45) is 0 Å². The topological polar surface area (TPSA) is 38.3 Å². The summed E-state index contributed by atoms with van der Waals surface area (Å²) in [6.45, 7) is 4.32. The Morgan fingerprint density at radius 1 is 1.17 bits per heavy atom. The smallest absolute Gasteiger partial charge is 0.260 e. The number of ether oxygens (including phenoxy) is 1. The first-order valence-corrected chi connectivity index (χ1v) is 8.19. The zero-order valence-electron chi connectivity index (χ0n) is 13.5. The first kappa shape index (κ1) is 17.4. The fraction of sp³-hybridized carbons (Fsp3) is 0.316. The van der Waals surface area contributed by atoms with E-state index in [9.17, 15) is 4.79 Å². The van der Waals surface area contributed by atoms with Gasteiger partial charge in [-0.2, -0.15) is 0 Å². The molecule has 2 aromatic carbocycles. The zero-order chi connectivity index (χ0) is 16.7. The third kappa shape index (κ3) is 5.29. The van der Waals surface area contributed by atoms with E-state index < -0.39 is 6.10 Å². The molecule has 0 heterocycles. The summed E-state index contributed by atoms with van der Waals surface area (Å²) >= 11 is 6.11. The molecule has 0 aliphatic heterocycles. The Kier molecular flexibility index (Phi) is 6.48. The van der Waals surface area contributed by atoms with Crippen LogP contribution in [-0.4, -0.2) is 18.6 Å². The van der Waals surface area contributed by atoms with Crippen LogP contribution < -0.4 is 10.1 Å². The van der Waals surface area contributed by atoms with Crippen molar-refractivity contribution in [1.82, 2.24) is 5.32 Å². The second-order valence-electron chi connectivity index (χ2n) is 5.51. The number of carbonyl (C=O) groups excluding carboxylic acids is 1. The minimum atomic E-state index is -0.517. The number of carbonyl (C=O) groups is 1. The molecule has 3 nitrogen and oxygen atoms in total. The predicted octanol–water partition coefficient (Wildman–Crippen LogP) is 4.16. The first-order valence-electron chi connectivity index (χ1n) is 7.81. The van der Waals surface area contributed by atoms with E-state index in [2.05, 4.69) is 5.32 Å². The van der Waals surface area contributed by atoms with Crippen molar-refractivity contribution < 1.29 is 9.53 Å². The highest BCUT2D eigenvalue weighted by Crippen LogP contribution is 2.18. The van der Waals surface area contributed by atoms with Crippen molar-refractivity contribution >= 4 is 17.5 Å². The molecule has 1 N–H and O–H groups in total. The lowest BCUT2D eigenvalue weighted by molar-refractivity contribution is -0.127. The Hall–Kier alpha value is -2.00. The van der Waals surface area contributed by atoms with Gasteiger partial charge < -0.3 is 10.1 Å². The summed E-state index contributed by atoms with van der Waals surface area (Å²) in [5.41, 5.74) is 2.12. The van der Waals surface area contributed by atoms with Gasteiger partial charge in [0, 0.05) is 11.6 Å². The number of rotatable bonds is 7. The molecule has 23 heavy (non-hydrogen) atoms. The zero-order valence-corrected chi connectivity index (χ0v) is 14.3. The van der Waals surface area contributed by atoms with E-state index >= 15 is 0 Å². The van der Waals surface area contributed by atoms with Crippen molar-refractivity contribution in [2.75, 3.05) is 6.54 Å². The van der Waals surface area contributed by atoms with Gasteiger partial charge in [0.25, 0.3) is 5.91 Å². The van der Waals surface area contributed by atoms with E-state index in [-0.39, 0.29) is 5.91 Å². The summed E-state index contributed by atoms with van der Waals surface area (Å²) in [6, 6.07) is 15.5. The van der Waals surface area contributed by atoms with E-state index in [1.165, 1.54) is 0 Å². The number of halogens is 1. The highest BCUT2D eigenvalue weighted by molar-refractivity contribution is 6.31. The number of benzene rings is 2. The van der Waals surface area contributed by atoms with Gasteiger partial charge in [-0.15, -0.1) is 0 Å². The second-order valence-corrected chi connectivity index (χ2v) is 5.92. The first-order chi connectivity index (χ1) is 11.1. The Balaban J connectivity index is 1.74. The summed E-state index contributed by atoms with van der Waals surface area (Å²) in [5.74, 6) is 0.638. The molecule has 0 fully saturated rings. The van der Waals surface area contributed by atoms with Crippen molar-refractivity contribution in [3.05, 3.63) is 64.7 Å². The van der Waals surface area contributed by atoms with E-state index in [4.69, 9.17) is 16.3 Å². The maximum absolute atomic E-state index is 12.1. The van der Waals surface area contributed by atoms with Crippen LogP contribution in [0.5, 0.6) is 5.75 Å². The highest BCUT2D eigenvalue weighted by atomic mass is 35.5. The Morgan fingerprint density at radius 2 is 1.87 bits per heavy atom. The summed E-state index contributed by atoms with van der Waals surface area (Å²) in [4.78, 5) is 12.1. The van der Waals surface area contributed by atoms with Crippen LogP contribution in [0.1, 0.15) is 24.5 Å². The van der Waals surface area contributed by atoms with Gasteiger partial charge >= 0.3 is 0 Å². The van der Waals surface area contributed by atoms with Gasteiger partial charge in [-0.25, -0.2) is 0 Å². The number of aryl methyl sites for hydroxylation is 2. The number of hydrogen-bond acceptors (Lipinski definition) is 2. The number of amides is 1. The molecular formula is C19H22ClNO2. The lowest BCUT2D eigenvalue weighted by atomic mass is 10.1. The van der Waals surface area contributed by atoms with Gasteiger partial charge in [0.1, 0.15) is 5.75 Å². The second kappa shape index (κ2) is 8.59. The molecule has 1 unspecified atom stereocenters. The molecule has 0 radical (unpaired) electrons. The predicted molar refractivity (Wildman–Crippen MR) is 94.1 cm³/mol. The molecule has 0 saturated heterocycles. The Morgan fingerprint density at radius 3 is 2.61 bits per heavy atom. The van der Waals surface area contributed by atoms with Crippen molar-refractivity contribution in [1.29, 1.82) is 0 Å². The molecule has 0 aliphatic rings. The third-order valence-electron chi connectivity index (χ3n) is 3.65. The molecule has 0 saturated carbocycles. The highest BCUT2D eigenvalue weighted by Gasteiger charge is 2.14. The Bertz CT molecular complexity index is 657. The number of para-hydroxylation sites is 1. The minimum absolute atomic E-state index is 0.104. The van der Waals surface area contributed by atoms with Gasteiger partial charge in [-0.1, -0.05) is 48.0 Å². The monoisotopic (exact) mass is 331 g/mol. The standard InChI is InChI=1S/C19H22ClNO2/c1-14-8-3-6-12-18(14)23-15(2)19(22)21-13-7-10-16-9-4-5-11-17(16)20/h3-6,8-9,11-12,15H,7,10,13H2,1-2H3,(H,21,22). The number of nitrogens with one attached hydrogen (secondary N) is 1. The molecule has 0 aliphatic carbocycles. The van der Waals surface area contributed by atoms with E-state index in [1.54, 1.807) is 6.92 Å². The van der Waals surface area contributed by atoms with Crippen molar-refractivity contribution in [2.45, 2.75) is 32.8 Å². The van der Waals surface area contributed by atoms with Gasteiger partial charge in [0.2, 0.25) is 0 Å². The van der Waals surface area contributed by atoms with Crippen molar-refractivity contribution in [3.63, 3.8) is 0 Å². The van der Waals surface area contributed by atoms with Crippen LogP contribution in [0, 0.1) is 6.92 Å². The SMILES string of the molecule is Cc1ccccc1OC(C)C(=O)NCCCc1ccccc1Cl. The van der Waals surface area contributed by atoms with Crippen LogP contribution in [-0.2, 0) is 11.2 Å². The fourth-order valence-electron chi connectivity index (χ4n) is 2.27. The normalized spacial score (nSPS) is 11.8. The lowest BCUT2D eigenvalue weighted by Gasteiger charge is -2.16. The minimum Gasteiger partial charge on any atom is -0.481 e. The molecule has 1 atom stereocenters. The number of hydrogen-bond donors (Lipinski definition) is 1. The molecule has 1 amide bonds. The summed E-state index contributed by atoms with van der Waals surface area (Å²) in [7, 11) is 0. The Labute approximate surface area is 142 Å². The fourth-order valence-corrected chi connectivity index (χ4v) is 2.50. The van der Waals surface area contributed by atoms with Crippen molar-refractivity contribution in [3.8, 4) is 5.75 Å². The summed E-state index contributed by atoms with van der Waals surface area (Å²) < 4.78 is 5.71. The van der Waals surface area contributed by atoms with E-state index in [0.29, 0.717) is 6.54 Å². The third-order valence-corrected chi connectivity index (χ3v) is 4.02.